The van der Waals surface area contributed by atoms with Gasteiger partial charge in [-0.2, -0.15) is 0 Å². The van der Waals surface area contributed by atoms with Crippen molar-refractivity contribution in [2.24, 2.45) is 5.41 Å². The van der Waals surface area contributed by atoms with Crippen LogP contribution in [0.3, 0.4) is 0 Å². The molecular formula is C31H40N6O3S. The summed E-state index contributed by atoms with van der Waals surface area (Å²) in [5.41, 5.74) is 3.09. The van der Waals surface area contributed by atoms with E-state index in [1.54, 1.807) is 18.0 Å². The van der Waals surface area contributed by atoms with Crippen molar-refractivity contribution in [3.05, 3.63) is 66.4 Å². The molecule has 2 heterocycles. The molecule has 0 saturated carbocycles. The number of nitrogens with one attached hydrogen (secondary N) is 2. The zero-order valence-corrected chi connectivity index (χ0v) is 25.1. The molecule has 1 saturated heterocycles. The lowest BCUT2D eigenvalue weighted by molar-refractivity contribution is -0.123. The maximum atomic E-state index is 13.0. The van der Waals surface area contributed by atoms with Gasteiger partial charge >= 0.3 is 0 Å². The third-order valence-corrected chi connectivity index (χ3v) is 8.26. The minimum atomic E-state index is -0.120. The first-order valence-electron chi connectivity index (χ1n) is 14.0. The third-order valence-electron chi connectivity index (χ3n) is 6.73. The number of benzene rings is 2. The van der Waals surface area contributed by atoms with Gasteiger partial charge in [-0.1, -0.05) is 26.0 Å². The number of carbonyl (C=O) groups is 2. The van der Waals surface area contributed by atoms with E-state index >= 15 is 0 Å². The minimum absolute atomic E-state index is 0.0115. The molecule has 0 aliphatic carbocycles. The number of rotatable bonds is 11. The Kier molecular flexibility index (Phi) is 10.4. The summed E-state index contributed by atoms with van der Waals surface area (Å²) in [4.78, 5) is 39.2. The fraction of sp³-hybridized carbons (Fsp3) is 0.419. The van der Waals surface area contributed by atoms with E-state index in [0.29, 0.717) is 44.2 Å². The van der Waals surface area contributed by atoms with Crippen LogP contribution in [0.15, 0.2) is 65.7 Å². The van der Waals surface area contributed by atoms with E-state index in [9.17, 15) is 14.7 Å². The molecule has 3 N–H and O–H groups in total. The Balaban J connectivity index is 1.30. The van der Waals surface area contributed by atoms with Gasteiger partial charge in [-0.25, -0.2) is 9.97 Å². The molecule has 41 heavy (non-hydrogen) atoms. The Morgan fingerprint density at radius 1 is 1.00 bits per heavy atom. The van der Waals surface area contributed by atoms with Crippen LogP contribution in [0.25, 0.3) is 11.3 Å². The Hall–Kier alpha value is -3.47. The smallest absolute Gasteiger partial charge is 0.253 e. The fourth-order valence-corrected chi connectivity index (χ4v) is 5.29. The number of thioether (sulfide) groups is 1. The molecule has 0 unspecified atom stereocenters. The molecule has 0 radical (unpaired) electrons. The van der Waals surface area contributed by atoms with E-state index in [1.165, 1.54) is 0 Å². The summed E-state index contributed by atoms with van der Waals surface area (Å²) in [6.07, 6.45) is 1.72. The third kappa shape index (κ3) is 9.01. The molecule has 1 aliphatic heterocycles. The molecule has 0 spiro atoms. The largest absolute Gasteiger partial charge is 0.396 e. The number of carbonyl (C=O) groups excluding carboxylic acids is 2. The van der Waals surface area contributed by atoms with Crippen molar-refractivity contribution in [2.45, 2.75) is 38.6 Å². The average molecular weight is 577 g/mol. The highest BCUT2D eigenvalue weighted by Crippen LogP contribution is 2.29. The topological polar surface area (TPSA) is 111 Å². The maximum absolute atomic E-state index is 13.0. The quantitative estimate of drug-likeness (QED) is 0.290. The van der Waals surface area contributed by atoms with Gasteiger partial charge in [0.25, 0.3) is 5.91 Å². The average Bonchev–Trinajstić information content (AvgIpc) is 2.96. The molecule has 2 amide bonds. The van der Waals surface area contributed by atoms with Gasteiger partial charge in [-0.3, -0.25) is 14.5 Å². The van der Waals surface area contributed by atoms with Crippen LogP contribution in [0.4, 0.5) is 11.6 Å². The van der Waals surface area contributed by atoms with Crippen LogP contribution in [0, 0.1) is 5.41 Å². The van der Waals surface area contributed by atoms with Crippen molar-refractivity contribution in [2.75, 3.05) is 50.4 Å². The van der Waals surface area contributed by atoms with Gasteiger partial charge in [0.1, 0.15) is 0 Å². The number of nitrogens with zero attached hydrogens (tertiary/aromatic N) is 4. The molecule has 218 valence electrons. The van der Waals surface area contributed by atoms with E-state index in [2.05, 4.69) is 51.5 Å². The number of piperazine rings is 1. The van der Waals surface area contributed by atoms with Crippen LogP contribution >= 0.6 is 11.8 Å². The lowest BCUT2D eigenvalue weighted by atomic mass is 9.98. The first kappa shape index (κ1) is 30.5. The van der Waals surface area contributed by atoms with Crippen LogP contribution in [-0.4, -0.2) is 87.8 Å². The summed E-state index contributed by atoms with van der Waals surface area (Å²) in [6, 6.07) is 17.6. The first-order valence-corrected chi connectivity index (χ1v) is 15.0. The summed E-state index contributed by atoms with van der Waals surface area (Å²) >= 11 is 1.73. The maximum Gasteiger partial charge on any atom is 0.253 e. The highest BCUT2D eigenvalue weighted by atomic mass is 32.2. The monoisotopic (exact) mass is 576 g/mol. The van der Waals surface area contributed by atoms with Gasteiger partial charge in [-0.05, 0) is 61.7 Å². The number of amides is 2. The summed E-state index contributed by atoms with van der Waals surface area (Å²) < 4.78 is 0. The van der Waals surface area contributed by atoms with Crippen LogP contribution in [0.5, 0.6) is 0 Å². The zero-order chi connectivity index (χ0) is 29.4. The molecule has 0 atom stereocenters. The van der Waals surface area contributed by atoms with Crippen molar-refractivity contribution in [1.82, 2.24) is 25.1 Å². The van der Waals surface area contributed by atoms with Crippen LogP contribution in [0.2, 0.25) is 0 Å². The molecule has 9 nitrogen and oxygen atoms in total. The second-order valence-electron chi connectivity index (χ2n) is 11.4. The molecule has 1 aliphatic rings. The molecule has 3 aromatic rings. The van der Waals surface area contributed by atoms with Gasteiger partial charge in [0.15, 0.2) is 0 Å². The molecule has 1 fully saturated rings. The number of hydrogen-bond donors (Lipinski definition) is 3. The molecule has 4 rings (SSSR count). The number of aliphatic hydroxyl groups is 1. The second-order valence-corrected chi connectivity index (χ2v) is 12.4. The highest BCUT2D eigenvalue weighted by molar-refractivity contribution is 7.99. The first-order chi connectivity index (χ1) is 19.6. The van der Waals surface area contributed by atoms with Gasteiger partial charge in [0.05, 0.1) is 12.2 Å². The van der Waals surface area contributed by atoms with Gasteiger partial charge < -0.3 is 20.6 Å². The van der Waals surface area contributed by atoms with Crippen molar-refractivity contribution < 1.29 is 14.7 Å². The normalized spacial score (nSPS) is 14.2. The summed E-state index contributed by atoms with van der Waals surface area (Å²) in [7, 11) is 0. The van der Waals surface area contributed by atoms with Crippen molar-refractivity contribution >= 4 is 35.2 Å². The van der Waals surface area contributed by atoms with E-state index < -0.39 is 0 Å². The van der Waals surface area contributed by atoms with E-state index in [1.807, 2.05) is 61.2 Å². The number of aliphatic hydroxyl groups excluding tert-OH is 1. The van der Waals surface area contributed by atoms with Gasteiger partial charge in [0.2, 0.25) is 11.9 Å². The highest BCUT2D eigenvalue weighted by Gasteiger charge is 2.23. The Morgan fingerprint density at radius 3 is 2.32 bits per heavy atom. The number of hydrogen-bond acceptors (Lipinski definition) is 8. The summed E-state index contributed by atoms with van der Waals surface area (Å²) in [6.45, 7) is 11.0. The number of aromatic nitrogens is 2. The predicted octanol–water partition coefficient (Wildman–Crippen LogP) is 4.28. The molecular weight excluding hydrogens is 536 g/mol. The lowest BCUT2D eigenvalue weighted by Gasteiger charge is -2.34. The zero-order valence-electron chi connectivity index (χ0n) is 24.3. The van der Waals surface area contributed by atoms with Gasteiger partial charge in [-0.15, -0.1) is 11.8 Å². The Morgan fingerprint density at radius 2 is 1.68 bits per heavy atom. The SMILES string of the molecule is CC(C)NC(=O)CN1CCN(C(=O)c2ccc(Nc3nccc(-c4ccc(SCC(C)(C)CO)cc4)n3)cc2)CC1. The molecule has 0 bridgehead atoms. The van der Waals surface area contributed by atoms with E-state index in [4.69, 9.17) is 0 Å². The van der Waals surface area contributed by atoms with Crippen LogP contribution < -0.4 is 10.6 Å². The molecule has 10 heteroatoms. The van der Waals surface area contributed by atoms with E-state index in [-0.39, 0.29) is 29.9 Å². The molecule has 1 aromatic heterocycles. The van der Waals surface area contributed by atoms with Crippen molar-refractivity contribution in [3.63, 3.8) is 0 Å². The van der Waals surface area contributed by atoms with Crippen molar-refractivity contribution in [1.29, 1.82) is 0 Å². The standard InChI is InChI=1S/C31H40N6O3S/c1-22(2)33-28(39)19-36-15-17-37(18-16-36)29(40)24-5-9-25(10-6-24)34-30-32-14-13-27(35-30)23-7-11-26(12-8-23)41-21-31(3,4)20-38/h5-14,22,38H,15-21H2,1-4H3,(H,33,39)(H,32,34,35). The minimum Gasteiger partial charge on any atom is -0.396 e. The van der Waals surface area contributed by atoms with Crippen LogP contribution in [0.1, 0.15) is 38.1 Å². The predicted molar refractivity (Wildman–Crippen MR) is 164 cm³/mol. The van der Waals surface area contributed by atoms with Crippen LogP contribution in [-0.2, 0) is 4.79 Å². The summed E-state index contributed by atoms with van der Waals surface area (Å²) in [5, 5.41) is 15.6. The van der Waals surface area contributed by atoms with Gasteiger partial charge in [0, 0.05) is 72.5 Å². The summed E-state index contributed by atoms with van der Waals surface area (Å²) in [5.74, 6) is 1.32. The number of anilines is 2. The Bertz CT molecular complexity index is 1310. The fourth-order valence-electron chi connectivity index (χ4n) is 4.31. The van der Waals surface area contributed by atoms with E-state index in [0.717, 1.165) is 27.6 Å². The Labute approximate surface area is 246 Å². The molecule has 2 aromatic carbocycles. The second kappa shape index (κ2) is 13.9. The van der Waals surface area contributed by atoms with Crippen molar-refractivity contribution in [3.8, 4) is 11.3 Å². The lowest BCUT2D eigenvalue weighted by Crippen LogP contribution is -2.51.